The summed E-state index contributed by atoms with van der Waals surface area (Å²) in [7, 11) is 4.26. The average Bonchev–Trinajstić information content (AvgIpc) is 2.58. The molecule has 2 heterocycles. The van der Waals surface area contributed by atoms with Gasteiger partial charge in [0.1, 0.15) is 5.15 Å². The van der Waals surface area contributed by atoms with E-state index in [0.29, 0.717) is 5.15 Å². The molecular formula is C16H10Cl2N2Ni-. The Labute approximate surface area is 140 Å². The molecule has 0 spiro atoms. The van der Waals surface area contributed by atoms with Gasteiger partial charge in [0.15, 0.2) is 0 Å². The average molecular weight is 360 g/mol. The number of rotatable bonds is 2. The first-order valence-electron chi connectivity index (χ1n) is 6.02. The molecule has 21 heavy (non-hydrogen) atoms. The van der Waals surface area contributed by atoms with Crippen molar-refractivity contribution in [2.45, 2.75) is 0 Å². The number of benzene rings is 1. The fourth-order valence-electron chi connectivity index (χ4n) is 1.83. The zero-order valence-corrected chi connectivity index (χ0v) is 13.2. The number of hydrogen-bond donors (Lipinski definition) is 0. The number of halogens is 2. The van der Waals surface area contributed by atoms with E-state index in [9.17, 15) is 0 Å². The van der Waals surface area contributed by atoms with Gasteiger partial charge in [0.25, 0.3) is 0 Å². The predicted octanol–water partition coefficient (Wildman–Crippen LogP) is 4.95. The van der Waals surface area contributed by atoms with Crippen LogP contribution in [0, 0.1) is 6.07 Å². The fourth-order valence-corrected chi connectivity index (χ4v) is 1.99. The summed E-state index contributed by atoms with van der Waals surface area (Å²) < 4.78 is 0. The van der Waals surface area contributed by atoms with Crippen LogP contribution in [0.5, 0.6) is 0 Å². The third kappa shape index (κ3) is 4.28. The molecule has 3 rings (SSSR count). The second-order valence-electron chi connectivity index (χ2n) is 4.03. The first kappa shape index (κ1) is 16.0. The minimum absolute atomic E-state index is 0.468. The van der Waals surface area contributed by atoms with Crippen molar-refractivity contribution in [2.24, 2.45) is 0 Å². The van der Waals surface area contributed by atoms with Gasteiger partial charge in [-0.05, 0) is 23.9 Å². The van der Waals surface area contributed by atoms with Gasteiger partial charge in [-0.15, -0.1) is 35.9 Å². The second-order valence-corrected chi connectivity index (χ2v) is 4.42. The third-order valence-corrected chi connectivity index (χ3v) is 2.92. The fraction of sp³-hybridized carbons (Fsp3) is 0. The van der Waals surface area contributed by atoms with Crippen molar-refractivity contribution >= 4 is 21.8 Å². The molecular weight excluding hydrogens is 350 g/mol. The Bertz CT molecular complexity index is 705. The molecule has 3 aromatic rings. The quantitative estimate of drug-likeness (QED) is 0.367. The van der Waals surface area contributed by atoms with Crippen molar-refractivity contribution in [2.75, 3.05) is 0 Å². The van der Waals surface area contributed by atoms with Gasteiger partial charge in [-0.3, -0.25) is 4.98 Å². The maximum atomic E-state index is 5.91. The molecule has 1 aromatic carbocycles. The van der Waals surface area contributed by atoms with E-state index >= 15 is 0 Å². The zero-order chi connectivity index (χ0) is 15.1. The first-order chi connectivity index (χ1) is 10.3. The number of aromatic nitrogens is 2. The van der Waals surface area contributed by atoms with Crippen LogP contribution >= 0.6 is 21.8 Å². The summed E-state index contributed by atoms with van der Waals surface area (Å²) in [5.41, 5.74) is 3.41. The normalized spacial score (nSPS) is 9.71. The van der Waals surface area contributed by atoms with Gasteiger partial charge in [0.2, 0.25) is 0 Å². The van der Waals surface area contributed by atoms with E-state index in [0.717, 1.165) is 22.6 Å². The van der Waals surface area contributed by atoms with Gasteiger partial charge >= 0.3 is 24.8 Å². The van der Waals surface area contributed by atoms with Crippen LogP contribution in [-0.2, 0) is 14.6 Å². The molecule has 0 atom stereocenters. The topological polar surface area (TPSA) is 25.8 Å². The SMILES string of the molecule is Clc1cccc(-c2cccc(-c3[c-]cccc3)n2)n1.[Cl][Ni]. The molecule has 0 N–H and O–H groups in total. The van der Waals surface area contributed by atoms with E-state index in [1.165, 1.54) is 0 Å². The van der Waals surface area contributed by atoms with Crippen LogP contribution in [0.1, 0.15) is 0 Å². The Kier molecular flexibility index (Phi) is 6.19. The summed E-state index contributed by atoms with van der Waals surface area (Å²) in [5, 5.41) is 0.468. The Hall–Kier alpha value is -1.41. The summed E-state index contributed by atoms with van der Waals surface area (Å²) in [6, 6.07) is 22.3. The van der Waals surface area contributed by atoms with Crippen molar-refractivity contribution in [1.29, 1.82) is 0 Å². The van der Waals surface area contributed by atoms with Crippen LogP contribution in [0.2, 0.25) is 5.15 Å². The monoisotopic (exact) mass is 358 g/mol. The maximum absolute atomic E-state index is 5.91. The van der Waals surface area contributed by atoms with E-state index < -0.39 is 0 Å². The Morgan fingerprint density at radius 2 is 1.43 bits per heavy atom. The van der Waals surface area contributed by atoms with Gasteiger partial charge in [-0.1, -0.05) is 29.8 Å². The summed E-state index contributed by atoms with van der Waals surface area (Å²) in [6.45, 7) is 0. The van der Waals surface area contributed by atoms with E-state index in [1.807, 2.05) is 54.6 Å². The van der Waals surface area contributed by atoms with Gasteiger partial charge in [-0.2, -0.15) is 0 Å². The Balaban J connectivity index is 0.000000774. The number of nitrogens with zero attached hydrogens (tertiary/aromatic N) is 2. The van der Waals surface area contributed by atoms with Crippen LogP contribution in [0.3, 0.4) is 0 Å². The van der Waals surface area contributed by atoms with Gasteiger partial charge in [0, 0.05) is 0 Å². The van der Waals surface area contributed by atoms with E-state index in [-0.39, 0.29) is 0 Å². The number of pyridine rings is 2. The number of hydrogen-bond acceptors (Lipinski definition) is 2. The second kappa shape index (κ2) is 8.14. The van der Waals surface area contributed by atoms with E-state index in [1.54, 1.807) is 6.07 Å². The molecule has 0 bridgehead atoms. The molecule has 0 radical (unpaired) electrons. The zero-order valence-electron chi connectivity index (χ0n) is 10.7. The summed E-state index contributed by atoms with van der Waals surface area (Å²) in [4.78, 5) is 8.87. The molecule has 0 saturated carbocycles. The molecule has 0 saturated heterocycles. The Morgan fingerprint density at radius 3 is 2.10 bits per heavy atom. The first-order valence-corrected chi connectivity index (χ1v) is 7.76. The van der Waals surface area contributed by atoms with Crippen molar-refractivity contribution < 1.29 is 14.6 Å². The van der Waals surface area contributed by atoms with Gasteiger partial charge in [-0.25, -0.2) is 4.98 Å². The third-order valence-electron chi connectivity index (χ3n) is 2.71. The summed E-state index contributed by atoms with van der Waals surface area (Å²) in [5.74, 6) is 0. The molecule has 2 nitrogen and oxygen atoms in total. The van der Waals surface area contributed by atoms with Gasteiger partial charge < -0.3 is 0 Å². The van der Waals surface area contributed by atoms with Crippen LogP contribution in [0.15, 0.2) is 60.7 Å². The molecule has 2 aromatic heterocycles. The van der Waals surface area contributed by atoms with Crippen molar-refractivity contribution in [1.82, 2.24) is 9.97 Å². The standard InChI is InChI=1S/C16H10ClN2.ClH.Ni/c17-16-11-5-10-15(19-16)14-9-4-8-13(18-14)12-6-2-1-3-7-12;;/h1-6,8-11H;1H;/q-1;;+1/p-1. The molecule has 109 valence electrons. The Morgan fingerprint density at radius 1 is 0.762 bits per heavy atom. The summed E-state index contributed by atoms with van der Waals surface area (Å²) >= 11 is 9.25. The van der Waals surface area contributed by atoms with Crippen LogP contribution in [-0.4, -0.2) is 9.97 Å². The van der Waals surface area contributed by atoms with E-state index in [2.05, 4.69) is 40.8 Å². The minimum atomic E-state index is 0.468. The molecule has 0 aliphatic rings. The molecule has 0 fully saturated rings. The van der Waals surface area contributed by atoms with Crippen molar-refractivity contribution in [3.8, 4) is 22.6 Å². The van der Waals surface area contributed by atoms with Gasteiger partial charge in [0.05, 0.1) is 11.4 Å². The molecule has 0 aliphatic heterocycles. The molecule has 0 unspecified atom stereocenters. The van der Waals surface area contributed by atoms with Crippen LogP contribution < -0.4 is 0 Å². The summed E-state index contributed by atoms with van der Waals surface area (Å²) in [6.07, 6.45) is 0. The predicted molar refractivity (Wildman–Crippen MR) is 82.6 cm³/mol. The van der Waals surface area contributed by atoms with Crippen LogP contribution in [0.4, 0.5) is 0 Å². The molecule has 0 amide bonds. The van der Waals surface area contributed by atoms with Crippen molar-refractivity contribution in [3.05, 3.63) is 71.9 Å². The van der Waals surface area contributed by atoms with Crippen LogP contribution in [0.25, 0.3) is 22.6 Å². The molecule has 5 heteroatoms. The van der Waals surface area contributed by atoms with E-state index in [4.69, 9.17) is 11.6 Å². The van der Waals surface area contributed by atoms with Crippen molar-refractivity contribution in [3.63, 3.8) is 0 Å². The molecule has 0 aliphatic carbocycles.